The van der Waals surface area contributed by atoms with Crippen LogP contribution in [0.1, 0.15) is 18.5 Å². The van der Waals surface area contributed by atoms with Crippen LogP contribution in [0.15, 0.2) is 96.2 Å². The standard InChI is InChI=1S/C25H20N6O3/c1-16-21(24(32)27-18-12-6-3-7-13-18)22(19-14-8-9-15-20(19)31(33)34)30-25(26-16)28-23(29-30)17-10-4-2-5-11-17/h2-15,22H,1H3,(H,27,32)(H,26,28,29). The second-order valence-electron chi connectivity index (χ2n) is 7.77. The van der Waals surface area contributed by atoms with Crippen molar-refractivity contribution in [3.05, 3.63) is 112 Å². The maximum Gasteiger partial charge on any atom is 0.275 e. The molecule has 3 aromatic carbocycles. The molecule has 9 heteroatoms. The van der Waals surface area contributed by atoms with Crippen LogP contribution >= 0.6 is 0 Å². The Morgan fingerprint density at radius 2 is 1.65 bits per heavy atom. The highest BCUT2D eigenvalue weighted by Gasteiger charge is 2.37. The number of carbonyl (C=O) groups is 1. The molecule has 0 bridgehead atoms. The lowest BCUT2D eigenvalue weighted by molar-refractivity contribution is -0.385. The van der Waals surface area contributed by atoms with Crippen molar-refractivity contribution < 1.29 is 9.72 Å². The monoisotopic (exact) mass is 452 g/mol. The normalized spacial score (nSPS) is 14.8. The molecule has 0 spiro atoms. The van der Waals surface area contributed by atoms with E-state index in [1.165, 1.54) is 10.7 Å². The highest BCUT2D eigenvalue weighted by atomic mass is 16.6. The van der Waals surface area contributed by atoms with Crippen LogP contribution in [0.5, 0.6) is 0 Å². The van der Waals surface area contributed by atoms with Gasteiger partial charge in [0, 0.05) is 23.0 Å². The number of nitro groups is 1. The summed E-state index contributed by atoms with van der Waals surface area (Å²) < 4.78 is 1.54. The van der Waals surface area contributed by atoms with Crippen molar-refractivity contribution in [3.63, 3.8) is 0 Å². The number of allylic oxidation sites excluding steroid dienone is 1. The number of amides is 1. The van der Waals surface area contributed by atoms with E-state index in [4.69, 9.17) is 0 Å². The molecule has 1 amide bonds. The van der Waals surface area contributed by atoms with Gasteiger partial charge in [0.1, 0.15) is 6.04 Å². The summed E-state index contributed by atoms with van der Waals surface area (Å²) in [6, 6.07) is 24.0. The summed E-state index contributed by atoms with van der Waals surface area (Å²) in [5.41, 5.74) is 2.50. The quantitative estimate of drug-likeness (QED) is 0.333. The number of nitro benzene ring substituents is 1. The Hall–Kier alpha value is -4.79. The van der Waals surface area contributed by atoms with Gasteiger partial charge in [-0.15, -0.1) is 5.10 Å². The molecule has 34 heavy (non-hydrogen) atoms. The molecule has 0 radical (unpaired) electrons. The lowest BCUT2D eigenvalue weighted by Gasteiger charge is -2.28. The van der Waals surface area contributed by atoms with E-state index in [9.17, 15) is 14.9 Å². The topological polar surface area (TPSA) is 115 Å². The molecule has 168 valence electrons. The largest absolute Gasteiger partial charge is 0.328 e. The Labute approximate surface area is 194 Å². The minimum Gasteiger partial charge on any atom is -0.328 e. The van der Waals surface area contributed by atoms with E-state index in [1.807, 2.05) is 48.5 Å². The number of nitrogens with one attached hydrogen (secondary N) is 2. The molecular weight excluding hydrogens is 432 g/mol. The fourth-order valence-electron chi connectivity index (χ4n) is 4.05. The lowest BCUT2D eigenvalue weighted by atomic mass is 9.93. The second-order valence-corrected chi connectivity index (χ2v) is 7.77. The third kappa shape index (κ3) is 3.79. The molecule has 2 N–H and O–H groups in total. The van der Waals surface area contributed by atoms with E-state index >= 15 is 0 Å². The number of benzene rings is 3. The van der Waals surface area contributed by atoms with Crippen molar-refractivity contribution in [2.24, 2.45) is 0 Å². The summed E-state index contributed by atoms with van der Waals surface area (Å²) >= 11 is 0. The maximum absolute atomic E-state index is 13.5. The first-order chi connectivity index (χ1) is 16.5. The number of rotatable bonds is 5. The molecule has 0 fully saturated rings. The van der Waals surface area contributed by atoms with Crippen LogP contribution in [-0.4, -0.2) is 25.6 Å². The van der Waals surface area contributed by atoms with Crippen LogP contribution in [0.4, 0.5) is 17.3 Å². The number of para-hydroxylation sites is 2. The molecule has 9 nitrogen and oxygen atoms in total. The first-order valence-corrected chi connectivity index (χ1v) is 10.6. The van der Waals surface area contributed by atoms with Crippen molar-refractivity contribution in [3.8, 4) is 11.4 Å². The van der Waals surface area contributed by atoms with Gasteiger partial charge >= 0.3 is 0 Å². The lowest BCUT2D eigenvalue weighted by Crippen LogP contribution is -2.31. The zero-order chi connectivity index (χ0) is 23.7. The van der Waals surface area contributed by atoms with Crippen molar-refractivity contribution in [1.29, 1.82) is 0 Å². The third-order valence-corrected chi connectivity index (χ3v) is 5.59. The minimum absolute atomic E-state index is 0.102. The molecule has 1 aliphatic rings. The highest BCUT2D eigenvalue weighted by Crippen LogP contribution is 2.40. The van der Waals surface area contributed by atoms with Gasteiger partial charge in [0.15, 0.2) is 5.82 Å². The molecule has 1 atom stereocenters. The molecule has 0 saturated heterocycles. The summed E-state index contributed by atoms with van der Waals surface area (Å²) in [5, 5.41) is 22.6. The Morgan fingerprint density at radius 1 is 1.00 bits per heavy atom. The summed E-state index contributed by atoms with van der Waals surface area (Å²) in [6.45, 7) is 1.75. The van der Waals surface area contributed by atoms with Gasteiger partial charge in [0.2, 0.25) is 5.95 Å². The molecular formula is C25H20N6O3. The number of anilines is 2. The fourth-order valence-corrected chi connectivity index (χ4v) is 4.05. The predicted octanol–water partition coefficient (Wildman–Crippen LogP) is 4.78. The van der Waals surface area contributed by atoms with E-state index in [0.29, 0.717) is 34.3 Å². The molecule has 2 heterocycles. The van der Waals surface area contributed by atoms with E-state index in [-0.39, 0.29) is 11.6 Å². The molecule has 5 rings (SSSR count). The molecule has 4 aromatic rings. The summed E-state index contributed by atoms with van der Waals surface area (Å²) in [6.07, 6.45) is 0. The fraction of sp³-hybridized carbons (Fsp3) is 0.0800. The maximum atomic E-state index is 13.5. The summed E-state index contributed by atoms with van der Waals surface area (Å²) in [7, 11) is 0. The van der Waals surface area contributed by atoms with Gasteiger partial charge in [-0.25, -0.2) is 4.68 Å². The second kappa shape index (κ2) is 8.62. The van der Waals surface area contributed by atoms with Crippen LogP contribution in [-0.2, 0) is 4.79 Å². The Balaban J connectivity index is 1.66. The van der Waals surface area contributed by atoms with Crippen LogP contribution in [0.25, 0.3) is 11.4 Å². The zero-order valence-corrected chi connectivity index (χ0v) is 18.2. The van der Waals surface area contributed by atoms with Gasteiger partial charge < -0.3 is 10.6 Å². The molecule has 1 unspecified atom stereocenters. The highest BCUT2D eigenvalue weighted by molar-refractivity contribution is 6.06. The molecule has 0 saturated carbocycles. The molecule has 0 aliphatic carbocycles. The van der Waals surface area contributed by atoms with Crippen LogP contribution in [0, 0.1) is 10.1 Å². The molecule has 1 aromatic heterocycles. The Kier molecular flexibility index (Phi) is 5.35. The van der Waals surface area contributed by atoms with Gasteiger partial charge in [0.25, 0.3) is 11.6 Å². The average Bonchev–Trinajstić information content (AvgIpc) is 3.28. The van der Waals surface area contributed by atoms with E-state index in [0.717, 1.165) is 5.56 Å². The van der Waals surface area contributed by atoms with Gasteiger partial charge in [-0.1, -0.05) is 60.7 Å². The first-order valence-electron chi connectivity index (χ1n) is 10.6. The zero-order valence-electron chi connectivity index (χ0n) is 18.2. The minimum atomic E-state index is -0.855. The van der Waals surface area contributed by atoms with Crippen LogP contribution in [0.2, 0.25) is 0 Å². The number of nitrogens with zero attached hydrogens (tertiary/aromatic N) is 4. The predicted molar refractivity (Wildman–Crippen MR) is 128 cm³/mol. The van der Waals surface area contributed by atoms with Crippen LogP contribution < -0.4 is 10.6 Å². The van der Waals surface area contributed by atoms with Crippen molar-refractivity contribution in [2.75, 3.05) is 10.6 Å². The SMILES string of the molecule is CC1=C(C(=O)Nc2ccccc2)C(c2ccccc2[N+](=O)[O-])n2nc(-c3ccccc3)nc2N1. The van der Waals surface area contributed by atoms with Gasteiger partial charge in [0.05, 0.1) is 16.1 Å². The van der Waals surface area contributed by atoms with Gasteiger partial charge in [-0.2, -0.15) is 4.98 Å². The number of carbonyl (C=O) groups excluding carboxylic acids is 1. The van der Waals surface area contributed by atoms with Crippen molar-refractivity contribution in [1.82, 2.24) is 14.8 Å². The number of hydrogen-bond donors (Lipinski definition) is 2. The summed E-state index contributed by atoms with van der Waals surface area (Å²) in [5.74, 6) is 0.460. The Morgan fingerprint density at radius 3 is 2.35 bits per heavy atom. The average molecular weight is 452 g/mol. The van der Waals surface area contributed by atoms with Gasteiger partial charge in [-0.3, -0.25) is 14.9 Å². The van der Waals surface area contributed by atoms with E-state index < -0.39 is 11.0 Å². The van der Waals surface area contributed by atoms with E-state index in [2.05, 4.69) is 20.7 Å². The number of aromatic nitrogens is 3. The van der Waals surface area contributed by atoms with Crippen LogP contribution in [0.3, 0.4) is 0 Å². The third-order valence-electron chi connectivity index (χ3n) is 5.59. The van der Waals surface area contributed by atoms with E-state index in [1.54, 1.807) is 37.3 Å². The van der Waals surface area contributed by atoms with Crippen molar-refractivity contribution >= 4 is 23.2 Å². The number of fused-ring (bicyclic) bond motifs is 1. The summed E-state index contributed by atoms with van der Waals surface area (Å²) in [4.78, 5) is 29.5. The molecule has 1 aliphatic heterocycles. The Bertz CT molecular complexity index is 1410. The van der Waals surface area contributed by atoms with Gasteiger partial charge in [-0.05, 0) is 25.1 Å². The number of hydrogen-bond acceptors (Lipinski definition) is 6. The first kappa shape index (κ1) is 21.1. The smallest absolute Gasteiger partial charge is 0.275 e. The van der Waals surface area contributed by atoms with Crippen molar-refractivity contribution in [2.45, 2.75) is 13.0 Å².